The molecule has 1 aromatic carbocycles. The lowest BCUT2D eigenvalue weighted by Gasteiger charge is -2.17. The van der Waals surface area contributed by atoms with E-state index in [1.165, 1.54) is 13.8 Å². The molecule has 0 fully saturated rings. The number of rotatable bonds is 10. The summed E-state index contributed by atoms with van der Waals surface area (Å²) in [7, 11) is 0. The maximum absolute atomic E-state index is 11.7. The number of hydrogen-bond donors (Lipinski definition) is 4. The van der Waals surface area contributed by atoms with Gasteiger partial charge >= 0.3 is 0 Å². The number of hydrogen-bond acceptors (Lipinski definition) is 8. The van der Waals surface area contributed by atoms with Crippen LogP contribution in [0.15, 0.2) is 19.4 Å². The van der Waals surface area contributed by atoms with E-state index in [-0.39, 0.29) is 21.3 Å². The topological polar surface area (TPSA) is 179 Å². The minimum atomic E-state index is -1.00. The minimum Gasteiger partial charge on any atom is -0.368 e. The van der Waals surface area contributed by atoms with Gasteiger partial charge in [-0.15, -0.1) is 23.5 Å². The molecule has 0 saturated carbocycles. The van der Waals surface area contributed by atoms with E-state index in [9.17, 15) is 28.8 Å². The first-order valence-corrected chi connectivity index (χ1v) is 9.23. The highest BCUT2D eigenvalue weighted by Gasteiger charge is 2.26. The zero-order chi connectivity index (χ0) is 20.0. The molecule has 4 amide bonds. The first-order valence-electron chi connectivity index (χ1n) is 7.26. The third kappa shape index (κ3) is 5.88. The molecule has 1 aromatic rings. The molecule has 0 spiro atoms. The van der Waals surface area contributed by atoms with Crippen LogP contribution < -0.4 is 33.0 Å². The molecule has 10 nitrogen and oxygen atoms in total. The lowest BCUT2D eigenvalue weighted by molar-refractivity contribution is -0.125. The zero-order valence-corrected chi connectivity index (χ0v) is 15.6. The van der Waals surface area contributed by atoms with Crippen molar-refractivity contribution in [3.63, 3.8) is 0 Å². The Balaban J connectivity index is 2.80. The summed E-state index contributed by atoms with van der Waals surface area (Å²) < 4.78 is 0. The normalized spacial score (nSPS) is 13.0. The van der Waals surface area contributed by atoms with Gasteiger partial charge in [0.1, 0.15) is 12.1 Å². The van der Waals surface area contributed by atoms with Gasteiger partial charge in [0.15, 0.2) is 0 Å². The maximum Gasteiger partial charge on any atom is 0.241 e. The van der Waals surface area contributed by atoms with E-state index in [2.05, 4.69) is 10.6 Å². The molecule has 2 atom stereocenters. The first kappa shape index (κ1) is 21.7. The Hall–Kier alpha value is -2.34. The van der Waals surface area contributed by atoms with Crippen molar-refractivity contribution in [3.05, 3.63) is 20.4 Å². The van der Waals surface area contributed by atoms with Gasteiger partial charge < -0.3 is 22.1 Å². The van der Waals surface area contributed by atoms with Crippen molar-refractivity contribution < 1.29 is 19.2 Å². The van der Waals surface area contributed by atoms with Crippen LogP contribution in [0, 0.1) is 0 Å². The van der Waals surface area contributed by atoms with E-state index in [1.54, 1.807) is 0 Å². The molecule has 0 aromatic heterocycles. The molecule has 0 bridgehead atoms. The second-order valence-corrected chi connectivity index (χ2v) is 7.31. The van der Waals surface area contributed by atoms with Crippen LogP contribution in [0.5, 0.6) is 0 Å². The number of amides is 4. The van der Waals surface area contributed by atoms with Crippen molar-refractivity contribution in [2.45, 2.75) is 35.7 Å². The predicted molar refractivity (Wildman–Crippen MR) is 96.4 cm³/mol. The van der Waals surface area contributed by atoms with Crippen molar-refractivity contribution in [3.8, 4) is 0 Å². The SMILES string of the molecule is CC(=O)NC(CSc1c(SCC(NC(C)=O)C(N)=O)c(=O)c1=O)C(N)=O. The van der Waals surface area contributed by atoms with Crippen molar-refractivity contribution >= 4 is 47.2 Å². The second-order valence-electron chi connectivity index (χ2n) is 5.25. The largest absolute Gasteiger partial charge is 0.368 e. The van der Waals surface area contributed by atoms with Gasteiger partial charge in [-0.1, -0.05) is 0 Å². The van der Waals surface area contributed by atoms with Crippen LogP contribution in [0.2, 0.25) is 0 Å². The minimum absolute atomic E-state index is 0.0295. The van der Waals surface area contributed by atoms with Crippen LogP contribution in [0.4, 0.5) is 0 Å². The number of primary amides is 2. The van der Waals surface area contributed by atoms with Crippen LogP contribution in [0.1, 0.15) is 13.8 Å². The Morgan fingerprint density at radius 2 is 1.12 bits per heavy atom. The van der Waals surface area contributed by atoms with Gasteiger partial charge in [-0.2, -0.15) is 0 Å². The summed E-state index contributed by atoms with van der Waals surface area (Å²) in [6.07, 6.45) is 0. The standard InChI is InChI=1S/C14H18N4O6S2/c1-5(19)17-7(13(15)23)3-25-11-9(21)10(22)12(11)26-4-8(14(16)24)18-6(2)20/h7-8H,3-4H2,1-2H3,(H2,15,23)(H2,16,24)(H,17,19)(H,18,20). The smallest absolute Gasteiger partial charge is 0.241 e. The van der Waals surface area contributed by atoms with Crippen LogP contribution in [-0.2, 0) is 19.2 Å². The Bertz CT molecular complexity index is 736. The Morgan fingerprint density at radius 3 is 1.35 bits per heavy atom. The molecule has 142 valence electrons. The van der Waals surface area contributed by atoms with E-state index < -0.39 is 46.6 Å². The summed E-state index contributed by atoms with van der Waals surface area (Å²) >= 11 is 1.81. The van der Waals surface area contributed by atoms with Gasteiger partial charge in [0, 0.05) is 25.4 Å². The molecule has 0 saturated heterocycles. The highest BCUT2D eigenvalue weighted by atomic mass is 32.2. The Labute approximate surface area is 156 Å². The van der Waals surface area contributed by atoms with E-state index in [1.807, 2.05) is 0 Å². The van der Waals surface area contributed by atoms with Gasteiger partial charge in [-0.25, -0.2) is 0 Å². The van der Waals surface area contributed by atoms with Crippen LogP contribution in [0.25, 0.3) is 0 Å². The molecule has 2 unspecified atom stereocenters. The zero-order valence-electron chi connectivity index (χ0n) is 14.0. The number of carbonyl (C=O) groups excluding carboxylic acids is 4. The fourth-order valence-corrected chi connectivity index (χ4v) is 4.24. The van der Waals surface area contributed by atoms with Crippen LogP contribution in [0.3, 0.4) is 0 Å². The van der Waals surface area contributed by atoms with Crippen molar-refractivity contribution in [1.82, 2.24) is 10.6 Å². The fraction of sp³-hybridized carbons (Fsp3) is 0.429. The molecule has 6 N–H and O–H groups in total. The van der Waals surface area contributed by atoms with Crippen LogP contribution >= 0.6 is 23.5 Å². The Morgan fingerprint density at radius 1 is 0.808 bits per heavy atom. The molecule has 0 heterocycles. The number of carbonyl (C=O) groups is 4. The summed E-state index contributed by atoms with van der Waals surface area (Å²) in [5, 5.41) is 4.68. The van der Waals surface area contributed by atoms with Gasteiger partial charge in [-0.3, -0.25) is 28.8 Å². The molecular formula is C14H18N4O6S2. The van der Waals surface area contributed by atoms with Gasteiger partial charge in [0.25, 0.3) is 0 Å². The van der Waals surface area contributed by atoms with Gasteiger partial charge in [0.2, 0.25) is 34.5 Å². The van der Waals surface area contributed by atoms with E-state index >= 15 is 0 Å². The van der Waals surface area contributed by atoms with E-state index in [4.69, 9.17) is 11.5 Å². The second kappa shape index (κ2) is 9.38. The van der Waals surface area contributed by atoms with Crippen molar-refractivity contribution in [2.24, 2.45) is 11.5 Å². The molecule has 0 aliphatic rings. The lowest BCUT2D eigenvalue weighted by Crippen LogP contribution is -2.46. The van der Waals surface area contributed by atoms with Gasteiger partial charge in [0.05, 0.1) is 9.79 Å². The van der Waals surface area contributed by atoms with Crippen LogP contribution in [-0.4, -0.2) is 47.2 Å². The predicted octanol–water partition coefficient (Wildman–Crippen LogP) is -2.55. The van der Waals surface area contributed by atoms with E-state index in [0.29, 0.717) is 0 Å². The van der Waals surface area contributed by atoms with E-state index in [0.717, 1.165) is 23.5 Å². The molecular weight excluding hydrogens is 384 g/mol. The quantitative estimate of drug-likeness (QED) is 0.244. The fourth-order valence-electron chi connectivity index (χ4n) is 1.83. The molecule has 1 rings (SSSR count). The third-order valence-electron chi connectivity index (χ3n) is 3.06. The molecule has 26 heavy (non-hydrogen) atoms. The summed E-state index contributed by atoms with van der Waals surface area (Å²) in [5.74, 6) is -2.54. The van der Waals surface area contributed by atoms with Crippen molar-refractivity contribution in [2.75, 3.05) is 11.5 Å². The monoisotopic (exact) mass is 402 g/mol. The summed E-state index contributed by atoms with van der Waals surface area (Å²) in [6, 6.07) is -2.00. The van der Waals surface area contributed by atoms with Gasteiger partial charge in [-0.05, 0) is 0 Å². The maximum atomic E-state index is 11.7. The molecule has 0 aliphatic carbocycles. The first-order chi connectivity index (χ1) is 12.0. The average molecular weight is 402 g/mol. The molecule has 12 heteroatoms. The highest BCUT2D eigenvalue weighted by molar-refractivity contribution is 8.02. The molecule has 0 radical (unpaired) electrons. The summed E-state index contributed by atoms with van der Waals surface area (Å²) in [5.41, 5.74) is 8.90. The average Bonchev–Trinajstić information content (AvgIpc) is 2.53. The summed E-state index contributed by atoms with van der Waals surface area (Å²) in [6.45, 7) is 2.43. The molecule has 0 aliphatic heterocycles. The highest BCUT2D eigenvalue weighted by Crippen LogP contribution is 2.28. The summed E-state index contributed by atoms with van der Waals surface area (Å²) in [4.78, 5) is 68.4. The third-order valence-corrected chi connectivity index (χ3v) is 5.54. The lowest BCUT2D eigenvalue weighted by atomic mass is 10.3. The number of nitrogens with two attached hydrogens (primary N) is 2. The number of nitrogens with one attached hydrogen (secondary N) is 2. The van der Waals surface area contributed by atoms with Crippen molar-refractivity contribution in [1.29, 1.82) is 0 Å². The Kier molecular flexibility index (Phi) is 7.83. The number of thioether (sulfide) groups is 2.